The lowest BCUT2D eigenvalue weighted by Gasteiger charge is -2.23. The van der Waals surface area contributed by atoms with Crippen LogP contribution < -0.4 is 5.32 Å². The van der Waals surface area contributed by atoms with E-state index in [9.17, 15) is 9.18 Å². The predicted octanol–water partition coefficient (Wildman–Crippen LogP) is 1.99. The molecule has 0 spiro atoms. The number of halogens is 1. The molecule has 0 atom stereocenters. The molecule has 1 rings (SSSR count). The molecule has 0 radical (unpaired) electrons. The number of carbonyl (C=O) groups excluding carboxylic acids is 1. The quantitative estimate of drug-likeness (QED) is 0.757. The molecule has 6 heteroatoms. The molecule has 0 heterocycles. The number of hydrogen-bond acceptors (Lipinski definition) is 4. The zero-order valence-corrected chi connectivity index (χ0v) is 12.8. The van der Waals surface area contributed by atoms with Crippen molar-refractivity contribution in [2.45, 2.75) is 6.92 Å². The summed E-state index contributed by atoms with van der Waals surface area (Å²) in [6.07, 6.45) is 0. The Morgan fingerprint density at radius 1 is 1.24 bits per heavy atom. The fourth-order valence-electron chi connectivity index (χ4n) is 1.95. The van der Waals surface area contributed by atoms with Gasteiger partial charge in [0.05, 0.1) is 24.5 Å². The Kier molecular flexibility index (Phi) is 7.71. The number of carbonyl (C=O) groups is 1. The largest absolute Gasteiger partial charge is 0.383 e. The summed E-state index contributed by atoms with van der Waals surface area (Å²) in [6, 6.07) is 4.49. The van der Waals surface area contributed by atoms with Crippen molar-refractivity contribution in [3.63, 3.8) is 0 Å². The van der Waals surface area contributed by atoms with Crippen LogP contribution in [0.3, 0.4) is 0 Å². The normalized spacial score (nSPS) is 10.5. The van der Waals surface area contributed by atoms with Gasteiger partial charge in [-0.1, -0.05) is 6.07 Å². The molecule has 0 aliphatic heterocycles. The summed E-state index contributed by atoms with van der Waals surface area (Å²) in [7, 11) is 3.15. The molecule has 1 N–H and O–H groups in total. The molecule has 118 valence electrons. The molecule has 0 aliphatic carbocycles. The number of nitrogens with one attached hydrogen (secondary N) is 1. The van der Waals surface area contributed by atoms with E-state index in [4.69, 9.17) is 9.47 Å². The second kappa shape index (κ2) is 9.31. The van der Waals surface area contributed by atoms with Gasteiger partial charge in [-0.3, -0.25) is 4.79 Å². The van der Waals surface area contributed by atoms with Crippen LogP contribution in [0.15, 0.2) is 18.2 Å². The van der Waals surface area contributed by atoms with Gasteiger partial charge in [0, 0.05) is 33.9 Å². The summed E-state index contributed by atoms with van der Waals surface area (Å²) in [5.41, 5.74) is 0.564. The van der Waals surface area contributed by atoms with E-state index in [-0.39, 0.29) is 11.6 Å². The summed E-state index contributed by atoms with van der Waals surface area (Å²) < 4.78 is 23.9. The molecule has 0 bridgehead atoms. The Bertz CT molecular complexity index is 447. The summed E-state index contributed by atoms with van der Waals surface area (Å²) in [4.78, 5) is 14.2. The highest BCUT2D eigenvalue weighted by Crippen LogP contribution is 2.21. The molecular weight excluding hydrogens is 275 g/mol. The van der Waals surface area contributed by atoms with E-state index in [1.807, 2.05) is 6.92 Å². The van der Waals surface area contributed by atoms with Crippen LogP contribution in [0.4, 0.5) is 10.1 Å². The molecule has 1 amide bonds. The monoisotopic (exact) mass is 298 g/mol. The van der Waals surface area contributed by atoms with Crippen LogP contribution in [0.1, 0.15) is 17.3 Å². The number of benzene rings is 1. The molecule has 0 aromatic heterocycles. The van der Waals surface area contributed by atoms with Crippen LogP contribution >= 0.6 is 0 Å². The lowest BCUT2D eigenvalue weighted by Crippen LogP contribution is -2.37. The Morgan fingerprint density at radius 3 is 2.38 bits per heavy atom. The van der Waals surface area contributed by atoms with Crippen LogP contribution in [0.2, 0.25) is 0 Å². The van der Waals surface area contributed by atoms with Gasteiger partial charge in [-0.05, 0) is 19.1 Å². The summed E-state index contributed by atoms with van der Waals surface area (Å²) in [5, 5.41) is 2.91. The molecule has 0 unspecified atom stereocenters. The van der Waals surface area contributed by atoms with Gasteiger partial charge in [0.2, 0.25) is 0 Å². The topological polar surface area (TPSA) is 50.8 Å². The van der Waals surface area contributed by atoms with Crippen LogP contribution in [-0.4, -0.2) is 57.9 Å². The lowest BCUT2D eigenvalue weighted by atomic mass is 10.1. The zero-order valence-electron chi connectivity index (χ0n) is 12.8. The van der Waals surface area contributed by atoms with E-state index in [0.29, 0.717) is 38.4 Å². The van der Waals surface area contributed by atoms with Crippen LogP contribution in [-0.2, 0) is 9.47 Å². The maximum Gasteiger partial charge on any atom is 0.256 e. The molecule has 0 saturated heterocycles. The second-order valence-corrected chi connectivity index (χ2v) is 4.47. The van der Waals surface area contributed by atoms with Crippen molar-refractivity contribution in [2.75, 3.05) is 52.4 Å². The molecule has 21 heavy (non-hydrogen) atoms. The van der Waals surface area contributed by atoms with Crippen LogP contribution in [0.5, 0.6) is 0 Å². The van der Waals surface area contributed by atoms with Crippen molar-refractivity contribution in [3.05, 3.63) is 29.6 Å². The van der Waals surface area contributed by atoms with Crippen molar-refractivity contribution in [1.82, 2.24) is 4.90 Å². The van der Waals surface area contributed by atoms with Crippen molar-refractivity contribution in [1.29, 1.82) is 0 Å². The first kappa shape index (κ1) is 17.4. The van der Waals surface area contributed by atoms with E-state index >= 15 is 0 Å². The third-order valence-electron chi connectivity index (χ3n) is 3.02. The smallest absolute Gasteiger partial charge is 0.256 e. The Hall–Kier alpha value is -1.66. The van der Waals surface area contributed by atoms with E-state index in [1.165, 1.54) is 12.1 Å². The highest BCUT2D eigenvalue weighted by atomic mass is 19.1. The van der Waals surface area contributed by atoms with E-state index in [0.717, 1.165) is 0 Å². The number of hydrogen-bond donors (Lipinski definition) is 1. The average molecular weight is 298 g/mol. The van der Waals surface area contributed by atoms with E-state index in [1.54, 1.807) is 25.2 Å². The number of para-hydroxylation sites is 1. The Morgan fingerprint density at radius 2 is 1.86 bits per heavy atom. The first-order valence-corrected chi connectivity index (χ1v) is 6.95. The molecule has 1 aromatic carbocycles. The first-order valence-electron chi connectivity index (χ1n) is 6.95. The lowest BCUT2D eigenvalue weighted by molar-refractivity contribution is 0.0628. The Balaban J connectivity index is 2.98. The number of rotatable bonds is 9. The van der Waals surface area contributed by atoms with Crippen LogP contribution in [0, 0.1) is 5.82 Å². The third kappa shape index (κ3) is 4.99. The minimum Gasteiger partial charge on any atom is -0.383 e. The summed E-state index contributed by atoms with van der Waals surface area (Å²) in [6.45, 7) is 4.09. The second-order valence-electron chi connectivity index (χ2n) is 4.47. The Labute approximate surface area is 125 Å². The first-order chi connectivity index (χ1) is 10.2. The van der Waals surface area contributed by atoms with Gasteiger partial charge < -0.3 is 19.7 Å². The molecular formula is C15H23FN2O3. The van der Waals surface area contributed by atoms with Crippen molar-refractivity contribution >= 4 is 11.6 Å². The van der Waals surface area contributed by atoms with Crippen molar-refractivity contribution in [2.24, 2.45) is 0 Å². The minimum atomic E-state index is -0.430. The predicted molar refractivity (Wildman–Crippen MR) is 80.2 cm³/mol. The van der Waals surface area contributed by atoms with Gasteiger partial charge in [0.15, 0.2) is 0 Å². The SMILES string of the molecule is CCNc1c(F)cccc1C(=O)N(CCOC)CCOC. The van der Waals surface area contributed by atoms with Gasteiger partial charge in [-0.15, -0.1) is 0 Å². The summed E-state index contributed by atoms with van der Waals surface area (Å²) in [5.74, 6) is -0.666. The average Bonchev–Trinajstić information content (AvgIpc) is 2.49. The maximum atomic E-state index is 13.9. The number of nitrogens with zero attached hydrogens (tertiary/aromatic N) is 1. The number of amides is 1. The minimum absolute atomic E-state index is 0.237. The molecule has 5 nitrogen and oxygen atoms in total. The highest BCUT2D eigenvalue weighted by molar-refractivity contribution is 5.99. The maximum absolute atomic E-state index is 13.9. The standard InChI is InChI=1S/C15H23FN2O3/c1-4-17-14-12(6-5-7-13(14)16)15(19)18(8-10-20-2)9-11-21-3/h5-7,17H,4,8-11H2,1-3H3. The summed E-state index contributed by atoms with van der Waals surface area (Å²) >= 11 is 0. The highest BCUT2D eigenvalue weighted by Gasteiger charge is 2.20. The zero-order chi connectivity index (χ0) is 15.7. The molecule has 1 aromatic rings. The fourth-order valence-corrected chi connectivity index (χ4v) is 1.95. The number of methoxy groups -OCH3 is 2. The van der Waals surface area contributed by atoms with Crippen molar-refractivity contribution in [3.8, 4) is 0 Å². The van der Waals surface area contributed by atoms with E-state index in [2.05, 4.69) is 5.32 Å². The molecule has 0 aliphatic rings. The number of anilines is 1. The van der Waals surface area contributed by atoms with Crippen LogP contribution in [0.25, 0.3) is 0 Å². The van der Waals surface area contributed by atoms with E-state index < -0.39 is 5.82 Å². The van der Waals surface area contributed by atoms with Gasteiger partial charge in [0.1, 0.15) is 5.82 Å². The molecule has 0 saturated carbocycles. The third-order valence-corrected chi connectivity index (χ3v) is 3.02. The van der Waals surface area contributed by atoms with Gasteiger partial charge >= 0.3 is 0 Å². The van der Waals surface area contributed by atoms with Crippen molar-refractivity contribution < 1.29 is 18.7 Å². The van der Waals surface area contributed by atoms with Gasteiger partial charge in [-0.25, -0.2) is 4.39 Å². The fraction of sp³-hybridized carbons (Fsp3) is 0.533. The van der Waals surface area contributed by atoms with Gasteiger partial charge in [0.25, 0.3) is 5.91 Å². The molecule has 0 fully saturated rings. The van der Waals surface area contributed by atoms with Gasteiger partial charge in [-0.2, -0.15) is 0 Å². The number of ether oxygens (including phenoxy) is 2.